The van der Waals surface area contributed by atoms with Gasteiger partial charge in [0, 0.05) is 43.9 Å². The van der Waals surface area contributed by atoms with Crippen molar-refractivity contribution >= 4 is 57.6 Å². The van der Waals surface area contributed by atoms with E-state index >= 15 is 0 Å². The Balaban J connectivity index is 1.30. The fourth-order valence-electron chi connectivity index (χ4n) is 5.12. The van der Waals surface area contributed by atoms with E-state index in [0.717, 1.165) is 34.1 Å². The van der Waals surface area contributed by atoms with Crippen molar-refractivity contribution in [1.29, 1.82) is 0 Å². The summed E-state index contributed by atoms with van der Waals surface area (Å²) in [6.07, 6.45) is 4.22. The molecule has 0 bridgehead atoms. The molecule has 0 spiro atoms. The molecule has 0 saturated heterocycles. The smallest absolute Gasteiger partial charge is 0.0462 e. The molecule has 0 aliphatic carbocycles. The van der Waals surface area contributed by atoms with Crippen LogP contribution < -0.4 is 9.80 Å². The van der Waals surface area contributed by atoms with Crippen LogP contribution in [-0.4, -0.2) is 12.5 Å². The third-order valence-corrected chi connectivity index (χ3v) is 8.76. The molecule has 0 fully saturated rings. The van der Waals surface area contributed by atoms with Crippen LogP contribution in [0, 0.1) is 0 Å². The molecular weight excluding hydrogens is 549 g/mol. The SMILES string of the molecule is CSc1ccc(N(c2ccccc2)c2ccc(-c3ccc(N(c4ccccc4)c4ccc(SC)cc4)cc3)cc2)cc1. The zero-order valence-electron chi connectivity index (χ0n) is 23.7. The summed E-state index contributed by atoms with van der Waals surface area (Å²) in [5, 5.41) is 0. The number of hydrogen-bond acceptors (Lipinski definition) is 4. The summed E-state index contributed by atoms with van der Waals surface area (Å²) in [6, 6.07) is 56.3. The van der Waals surface area contributed by atoms with Gasteiger partial charge in [0.15, 0.2) is 0 Å². The van der Waals surface area contributed by atoms with E-state index in [0.29, 0.717) is 0 Å². The predicted octanol–water partition coefficient (Wildman–Crippen LogP) is 11.7. The second-order valence-corrected chi connectivity index (χ2v) is 11.6. The van der Waals surface area contributed by atoms with Gasteiger partial charge in [-0.2, -0.15) is 0 Å². The number of hydrogen-bond donors (Lipinski definition) is 0. The van der Waals surface area contributed by atoms with E-state index in [9.17, 15) is 0 Å². The Morgan fingerprint density at radius 3 is 0.857 bits per heavy atom. The number of para-hydroxylation sites is 2. The summed E-state index contributed by atoms with van der Waals surface area (Å²) in [5.41, 5.74) is 9.18. The minimum absolute atomic E-state index is 1.13. The van der Waals surface area contributed by atoms with Crippen LogP contribution in [0.4, 0.5) is 34.1 Å². The largest absolute Gasteiger partial charge is 0.311 e. The zero-order valence-corrected chi connectivity index (χ0v) is 25.4. The molecule has 0 aliphatic heterocycles. The van der Waals surface area contributed by atoms with Crippen molar-refractivity contribution in [3.8, 4) is 11.1 Å². The molecule has 4 heteroatoms. The molecule has 6 aromatic carbocycles. The van der Waals surface area contributed by atoms with Gasteiger partial charge in [0.25, 0.3) is 0 Å². The van der Waals surface area contributed by atoms with Crippen LogP contribution in [0.15, 0.2) is 168 Å². The first-order chi connectivity index (χ1) is 20.7. The summed E-state index contributed by atoms with van der Waals surface area (Å²) in [7, 11) is 0. The second-order valence-electron chi connectivity index (χ2n) is 9.83. The van der Waals surface area contributed by atoms with Crippen LogP contribution >= 0.6 is 23.5 Å². The maximum Gasteiger partial charge on any atom is 0.0462 e. The molecule has 6 aromatic rings. The molecule has 2 nitrogen and oxygen atoms in total. The van der Waals surface area contributed by atoms with Gasteiger partial charge in [-0.25, -0.2) is 0 Å². The highest BCUT2D eigenvalue weighted by Crippen LogP contribution is 2.38. The Labute approximate surface area is 257 Å². The molecule has 0 atom stereocenters. The molecule has 0 N–H and O–H groups in total. The van der Waals surface area contributed by atoms with E-state index in [1.807, 2.05) is 0 Å². The first-order valence-corrected chi connectivity index (χ1v) is 16.4. The molecule has 42 heavy (non-hydrogen) atoms. The van der Waals surface area contributed by atoms with Crippen molar-refractivity contribution < 1.29 is 0 Å². The number of anilines is 6. The molecular formula is C38H32N2S2. The maximum absolute atomic E-state index is 2.30. The van der Waals surface area contributed by atoms with Crippen molar-refractivity contribution in [3.63, 3.8) is 0 Å². The predicted molar refractivity (Wildman–Crippen MR) is 185 cm³/mol. The lowest BCUT2D eigenvalue weighted by atomic mass is 10.0. The topological polar surface area (TPSA) is 6.48 Å². The summed E-state index contributed by atoms with van der Waals surface area (Å²) < 4.78 is 0. The maximum atomic E-state index is 2.30. The zero-order chi connectivity index (χ0) is 28.7. The van der Waals surface area contributed by atoms with Gasteiger partial charge in [-0.1, -0.05) is 60.7 Å². The first kappa shape index (κ1) is 27.8. The van der Waals surface area contributed by atoms with Gasteiger partial charge in [0.05, 0.1) is 0 Å². The highest BCUT2D eigenvalue weighted by Gasteiger charge is 2.14. The van der Waals surface area contributed by atoms with E-state index in [2.05, 4.69) is 180 Å². The van der Waals surface area contributed by atoms with Gasteiger partial charge in [0.2, 0.25) is 0 Å². The average molecular weight is 581 g/mol. The van der Waals surface area contributed by atoms with Crippen LogP contribution in [0.3, 0.4) is 0 Å². The summed E-state index contributed by atoms with van der Waals surface area (Å²) in [5.74, 6) is 0. The van der Waals surface area contributed by atoms with Crippen LogP contribution in [0.25, 0.3) is 11.1 Å². The Bertz CT molecular complexity index is 1570. The summed E-state index contributed by atoms with van der Waals surface area (Å²) in [6.45, 7) is 0. The minimum atomic E-state index is 1.13. The Morgan fingerprint density at radius 2 is 0.571 bits per heavy atom. The standard InChI is InChI=1S/C38H32N2S2/c1-41-37-25-21-35(22-26-37)39(31-9-5-3-6-10-31)33-17-13-29(14-18-33)30-15-19-34(20-16-30)40(32-11-7-4-8-12-32)36-23-27-38(42-2)28-24-36/h3-28H,1-2H3. The number of rotatable bonds is 9. The Hall–Kier alpha value is -4.38. The van der Waals surface area contributed by atoms with Crippen LogP contribution in [-0.2, 0) is 0 Å². The highest BCUT2D eigenvalue weighted by atomic mass is 32.2. The molecule has 0 aliphatic rings. The van der Waals surface area contributed by atoms with Gasteiger partial charge in [-0.3, -0.25) is 0 Å². The summed E-state index contributed by atoms with van der Waals surface area (Å²) >= 11 is 3.52. The first-order valence-electron chi connectivity index (χ1n) is 13.9. The Kier molecular flexibility index (Phi) is 8.64. The van der Waals surface area contributed by atoms with Gasteiger partial charge in [-0.15, -0.1) is 23.5 Å². The normalized spacial score (nSPS) is 10.8. The molecule has 0 heterocycles. The Morgan fingerprint density at radius 1 is 0.310 bits per heavy atom. The number of nitrogens with zero attached hydrogens (tertiary/aromatic N) is 2. The fourth-order valence-corrected chi connectivity index (χ4v) is 5.93. The van der Waals surface area contributed by atoms with Crippen molar-refractivity contribution in [2.45, 2.75) is 9.79 Å². The van der Waals surface area contributed by atoms with Crippen molar-refractivity contribution in [1.82, 2.24) is 0 Å². The quantitative estimate of drug-likeness (QED) is 0.157. The second kappa shape index (κ2) is 13.1. The molecule has 0 radical (unpaired) electrons. The van der Waals surface area contributed by atoms with E-state index in [1.165, 1.54) is 20.9 Å². The number of thioether (sulfide) groups is 2. The molecule has 206 valence electrons. The molecule has 0 saturated carbocycles. The highest BCUT2D eigenvalue weighted by molar-refractivity contribution is 7.98. The lowest BCUT2D eigenvalue weighted by Gasteiger charge is -2.26. The van der Waals surface area contributed by atoms with Gasteiger partial charge in [-0.05, 0) is 121 Å². The van der Waals surface area contributed by atoms with Gasteiger partial charge < -0.3 is 9.80 Å². The van der Waals surface area contributed by atoms with Crippen LogP contribution in [0.5, 0.6) is 0 Å². The number of benzene rings is 6. The lowest BCUT2D eigenvalue weighted by molar-refractivity contribution is 1.27. The van der Waals surface area contributed by atoms with E-state index in [1.54, 1.807) is 23.5 Å². The van der Waals surface area contributed by atoms with E-state index < -0.39 is 0 Å². The molecule has 0 aromatic heterocycles. The van der Waals surface area contributed by atoms with Crippen LogP contribution in [0.1, 0.15) is 0 Å². The van der Waals surface area contributed by atoms with Crippen molar-refractivity contribution in [2.75, 3.05) is 22.3 Å². The van der Waals surface area contributed by atoms with Crippen molar-refractivity contribution in [2.24, 2.45) is 0 Å². The van der Waals surface area contributed by atoms with E-state index in [-0.39, 0.29) is 0 Å². The van der Waals surface area contributed by atoms with Gasteiger partial charge >= 0.3 is 0 Å². The molecule has 6 rings (SSSR count). The average Bonchev–Trinajstić information content (AvgIpc) is 3.07. The van der Waals surface area contributed by atoms with Crippen molar-refractivity contribution in [3.05, 3.63) is 158 Å². The minimum Gasteiger partial charge on any atom is -0.311 e. The monoisotopic (exact) mass is 580 g/mol. The van der Waals surface area contributed by atoms with E-state index in [4.69, 9.17) is 0 Å². The van der Waals surface area contributed by atoms with Gasteiger partial charge in [0.1, 0.15) is 0 Å². The van der Waals surface area contributed by atoms with Crippen LogP contribution in [0.2, 0.25) is 0 Å². The lowest BCUT2D eigenvalue weighted by Crippen LogP contribution is -2.10. The third kappa shape index (κ3) is 6.11. The summed E-state index contributed by atoms with van der Waals surface area (Å²) in [4.78, 5) is 7.12. The molecule has 0 unspecified atom stereocenters. The third-order valence-electron chi connectivity index (χ3n) is 7.27. The molecule has 0 amide bonds. The fraction of sp³-hybridized carbons (Fsp3) is 0.0526.